The minimum Gasteiger partial charge on any atom is -0.497 e. The van der Waals surface area contributed by atoms with Crippen LogP contribution >= 0.6 is 11.6 Å². The number of ether oxygens (including phenoxy) is 1. The quantitative estimate of drug-likeness (QED) is 0.754. The third-order valence-corrected chi connectivity index (χ3v) is 6.03. The zero-order chi connectivity index (χ0) is 17.0. The number of nitrogens with one attached hydrogen (secondary N) is 1. The number of nitrogens with zero attached hydrogens (tertiary/aromatic N) is 1. The molecular formula is C15H21ClN2O4S. The van der Waals surface area contributed by atoms with Crippen molar-refractivity contribution in [1.82, 2.24) is 10.2 Å². The summed E-state index contributed by atoms with van der Waals surface area (Å²) in [6.45, 7) is 0.775. The van der Waals surface area contributed by atoms with Crippen LogP contribution in [0.1, 0.15) is 5.56 Å². The molecule has 1 aromatic carbocycles. The number of benzene rings is 1. The number of likely N-dealkylation sites (N-methyl/N-ethyl adjacent to an activating group) is 1. The number of hydrogen-bond acceptors (Lipinski definition) is 5. The molecule has 2 rings (SSSR count). The van der Waals surface area contributed by atoms with Gasteiger partial charge in [0.05, 0.1) is 36.6 Å². The lowest BCUT2D eigenvalue weighted by Gasteiger charge is -2.19. The predicted octanol–water partition coefficient (Wildman–Crippen LogP) is 0.648. The first kappa shape index (κ1) is 18.0. The van der Waals surface area contributed by atoms with Crippen LogP contribution in [0.2, 0.25) is 0 Å². The average molecular weight is 361 g/mol. The van der Waals surface area contributed by atoms with Crippen LogP contribution in [-0.2, 0) is 21.2 Å². The molecule has 1 aliphatic heterocycles. The van der Waals surface area contributed by atoms with Gasteiger partial charge in [-0.05, 0) is 24.7 Å². The van der Waals surface area contributed by atoms with E-state index in [1.54, 1.807) is 7.11 Å². The third kappa shape index (κ3) is 5.37. The van der Waals surface area contributed by atoms with Crippen LogP contribution in [0.4, 0.5) is 0 Å². The highest BCUT2D eigenvalue weighted by Crippen LogP contribution is 2.18. The molecule has 8 heteroatoms. The molecule has 1 fully saturated rings. The summed E-state index contributed by atoms with van der Waals surface area (Å²) in [6, 6.07) is 7.09. The van der Waals surface area contributed by atoms with Gasteiger partial charge in [-0.3, -0.25) is 9.69 Å². The molecule has 0 radical (unpaired) electrons. The SMILES string of the molecule is COc1ccc(CN(C)CC(=O)N[C@H]2CS(=O)(=O)C[C@@H]2Cl)cc1. The summed E-state index contributed by atoms with van der Waals surface area (Å²) in [5.74, 6) is 0.384. The summed E-state index contributed by atoms with van der Waals surface area (Å²) >= 11 is 5.98. The highest BCUT2D eigenvalue weighted by atomic mass is 35.5. The van der Waals surface area contributed by atoms with Gasteiger partial charge in [0.1, 0.15) is 5.75 Å². The molecule has 0 aromatic heterocycles. The first-order valence-electron chi connectivity index (χ1n) is 7.24. The lowest BCUT2D eigenvalue weighted by molar-refractivity contribution is -0.122. The van der Waals surface area contributed by atoms with Crippen molar-refractivity contribution in [3.05, 3.63) is 29.8 Å². The molecule has 0 spiro atoms. The van der Waals surface area contributed by atoms with Crippen molar-refractivity contribution >= 4 is 27.3 Å². The number of carbonyl (C=O) groups is 1. The Morgan fingerprint density at radius 2 is 2.00 bits per heavy atom. The van der Waals surface area contributed by atoms with Gasteiger partial charge in [-0.15, -0.1) is 11.6 Å². The van der Waals surface area contributed by atoms with E-state index in [0.29, 0.717) is 6.54 Å². The standard InChI is InChI=1S/C15H21ClN2O4S/c1-18(7-11-3-5-12(22-2)6-4-11)8-15(19)17-14-10-23(20,21)9-13(14)16/h3-6,13-14H,7-10H2,1-2H3,(H,17,19)/t13-,14-/m0/s1. The van der Waals surface area contributed by atoms with Crippen molar-refractivity contribution in [2.24, 2.45) is 0 Å². The number of hydrogen-bond donors (Lipinski definition) is 1. The van der Waals surface area contributed by atoms with Gasteiger partial charge in [-0.2, -0.15) is 0 Å². The molecule has 0 bridgehead atoms. The Balaban J connectivity index is 1.82. The van der Waals surface area contributed by atoms with Crippen LogP contribution in [0, 0.1) is 0 Å². The molecule has 1 aromatic rings. The summed E-state index contributed by atoms with van der Waals surface area (Å²) in [5.41, 5.74) is 1.06. The topological polar surface area (TPSA) is 75.7 Å². The molecular weight excluding hydrogens is 340 g/mol. The zero-order valence-electron chi connectivity index (χ0n) is 13.2. The predicted molar refractivity (Wildman–Crippen MR) is 89.6 cm³/mol. The van der Waals surface area contributed by atoms with Gasteiger partial charge >= 0.3 is 0 Å². The van der Waals surface area contributed by atoms with E-state index in [1.165, 1.54) is 0 Å². The van der Waals surface area contributed by atoms with Gasteiger partial charge in [0.15, 0.2) is 9.84 Å². The first-order valence-corrected chi connectivity index (χ1v) is 9.50. The Morgan fingerprint density at radius 3 is 2.52 bits per heavy atom. The minimum atomic E-state index is -3.15. The molecule has 0 unspecified atom stereocenters. The van der Waals surface area contributed by atoms with E-state index in [2.05, 4.69) is 5.32 Å². The van der Waals surface area contributed by atoms with Crippen molar-refractivity contribution in [2.75, 3.05) is 32.2 Å². The lowest BCUT2D eigenvalue weighted by atomic mass is 10.2. The monoisotopic (exact) mass is 360 g/mol. The lowest BCUT2D eigenvalue weighted by Crippen LogP contribution is -2.44. The summed E-state index contributed by atoms with van der Waals surface area (Å²) in [6.07, 6.45) is 0. The van der Waals surface area contributed by atoms with Gasteiger partial charge in [0.2, 0.25) is 5.91 Å². The molecule has 6 nitrogen and oxygen atoms in total. The third-order valence-electron chi connectivity index (χ3n) is 3.65. The summed E-state index contributed by atoms with van der Waals surface area (Å²) in [7, 11) is 0.291. The van der Waals surface area contributed by atoms with E-state index in [1.807, 2.05) is 36.2 Å². The van der Waals surface area contributed by atoms with Crippen LogP contribution in [0.3, 0.4) is 0 Å². The number of halogens is 1. The number of amides is 1. The van der Waals surface area contributed by atoms with E-state index in [-0.39, 0.29) is 24.0 Å². The molecule has 1 N–H and O–H groups in total. The second-order valence-corrected chi connectivity index (χ2v) is 8.50. The molecule has 1 aliphatic rings. The number of carbonyl (C=O) groups excluding carboxylic acids is 1. The molecule has 128 valence electrons. The Hall–Kier alpha value is -1.31. The van der Waals surface area contributed by atoms with E-state index in [0.717, 1.165) is 11.3 Å². The Morgan fingerprint density at radius 1 is 1.35 bits per heavy atom. The fourth-order valence-electron chi connectivity index (χ4n) is 2.53. The number of sulfone groups is 1. The molecule has 23 heavy (non-hydrogen) atoms. The maximum absolute atomic E-state index is 12.0. The fraction of sp³-hybridized carbons (Fsp3) is 0.533. The van der Waals surface area contributed by atoms with Crippen molar-refractivity contribution in [3.63, 3.8) is 0 Å². The number of methoxy groups -OCH3 is 1. The van der Waals surface area contributed by atoms with E-state index in [4.69, 9.17) is 16.3 Å². The summed E-state index contributed by atoms with van der Waals surface area (Å²) in [5, 5.41) is 2.15. The summed E-state index contributed by atoms with van der Waals surface area (Å²) < 4.78 is 28.1. The fourth-order valence-corrected chi connectivity index (χ4v) is 5.08. The highest BCUT2D eigenvalue weighted by molar-refractivity contribution is 7.91. The van der Waals surface area contributed by atoms with E-state index >= 15 is 0 Å². The molecule has 0 saturated carbocycles. The summed E-state index contributed by atoms with van der Waals surface area (Å²) in [4.78, 5) is 13.9. The van der Waals surface area contributed by atoms with Gasteiger partial charge in [-0.1, -0.05) is 12.1 Å². The molecule has 1 heterocycles. The second kappa shape index (κ2) is 7.51. The van der Waals surface area contributed by atoms with Crippen molar-refractivity contribution in [1.29, 1.82) is 0 Å². The Bertz CT molecular complexity index is 648. The van der Waals surface area contributed by atoms with Crippen LogP contribution in [0.25, 0.3) is 0 Å². The Labute approximate surface area is 141 Å². The van der Waals surface area contributed by atoms with Gasteiger partial charge < -0.3 is 10.1 Å². The smallest absolute Gasteiger partial charge is 0.234 e. The van der Waals surface area contributed by atoms with Gasteiger partial charge in [0.25, 0.3) is 0 Å². The molecule has 1 amide bonds. The van der Waals surface area contributed by atoms with E-state index < -0.39 is 21.3 Å². The van der Waals surface area contributed by atoms with Crippen molar-refractivity contribution in [3.8, 4) is 5.75 Å². The molecule has 0 aliphatic carbocycles. The van der Waals surface area contributed by atoms with Crippen molar-refractivity contribution in [2.45, 2.75) is 18.0 Å². The highest BCUT2D eigenvalue weighted by Gasteiger charge is 2.37. The maximum Gasteiger partial charge on any atom is 0.234 e. The van der Waals surface area contributed by atoms with Crippen LogP contribution in [0.15, 0.2) is 24.3 Å². The maximum atomic E-state index is 12.0. The first-order chi connectivity index (χ1) is 10.8. The number of alkyl halides is 1. The van der Waals surface area contributed by atoms with E-state index in [9.17, 15) is 13.2 Å². The second-order valence-electron chi connectivity index (χ2n) is 5.79. The number of rotatable bonds is 6. The Kier molecular flexibility index (Phi) is 5.89. The van der Waals surface area contributed by atoms with Crippen LogP contribution in [-0.4, -0.2) is 62.9 Å². The molecule has 2 atom stereocenters. The normalized spacial score (nSPS) is 23.0. The zero-order valence-corrected chi connectivity index (χ0v) is 14.7. The van der Waals surface area contributed by atoms with Crippen LogP contribution < -0.4 is 10.1 Å². The minimum absolute atomic E-state index is 0.0822. The van der Waals surface area contributed by atoms with Gasteiger partial charge in [0, 0.05) is 6.54 Å². The van der Waals surface area contributed by atoms with Gasteiger partial charge in [-0.25, -0.2) is 8.42 Å². The van der Waals surface area contributed by atoms with Crippen LogP contribution in [0.5, 0.6) is 5.75 Å². The van der Waals surface area contributed by atoms with Crippen molar-refractivity contribution < 1.29 is 17.9 Å². The molecule has 1 saturated heterocycles. The average Bonchev–Trinajstić information content (AvgIpc) is 2.71. The largest absolute Gasteiger partial charge is 0.497 e.